The van der Waals surface area contributed by atoms with Crippen molar-refractivity contribution in [2.24, 2.45) is 0 Å². The molecule has 1 aromatic carbocycles. The van der Waals surface area contributed by atoms with Gasteiger partial charge in [0.25, 0.3) is 0 Å². The van der Waals surface area contributed by atoms with Gasteiger partial charge in [-0.2, -0.15) is 18.4 Å². The molecule has 19 heavy (non-hydrogen) atoms. The van der Waals surface area contributed by atoms with Crippen molar-refractivity contribution < 1.29 is 13.2 Å². The number of hydrogen-bond donors (Lipinski definition) is 1. The molecule has 0 aliphatic carbocycles. The zero-order valence-electron chi connectivity index (χ0n) is 9.66. The maximum Gasteiger partial charge on any atom is 0.416 e. The smallest absolute Gasteiger partial charge is 0.380 e. The number of nitriles is 1. The molecule has 0 bridgehead atoms. The molecule has 98 valence electrons. The molecule has 1 N–H and O–H groups in total. The van der Waals surface area contributed by atoms with Crippen LogP contribution in [0.1, 0.15) is 15.3 Å². The van der Waals surface area contributed by atoms with Crippen LogP contribution < -0.4 is 5.32 Å². The summed E-state index contributed by atoms with van der Waals surface area (Å²) in [4.78, 5) is 1.48. The molecule has 1 heterocycles. The zero-order valence-corrected chi connectivity index (χ0v) is 10.5. The Morgan fingerprint density at radius 1 is 1.21 bits per heavy atom. The van der Waals surface area contributed by atoms with E-state index in [1.807, 2.05) is 6.07 Å². The summed E-state index contributed by atoms with van der Waals surface area (Å²) in [6.07, 6.45) is -4.34. The molecule has 0 atom stereocenters. The molecule has 2 nitrogen and oxygen atoms in total. The van der Waals surface area contributed by atoms with Gasteiger partial charge < -0.3 is 5.32 Å². The number of anilines is 1. The quantitative estimate of drug-likeness (QED) is 0.913. The first kappa shape index (κ1) is 13.4. The molecule has 0 saturated carbocycles. The Hall–Kier alpha value is -2.00. The maximum absolute atomic E-state index is 12.5. The Morgan fingerprint density at radius 2 is 2.00 bits per heavy atom. The molecule has 0 saturated heterocycles. The minimum absolute atomic E-state index is 0.396. The second-order valence-corrected chi connectivity index (χ2v) is 4.98. The van der Waals surface area contributed by atoms with Crippen molar-refractivity contribution in [1.82, 2.24) is 0 Å². The van der Waals surface area contributed by atoms with Gasteiger partial charge in [-0.1, -0.05) is 6.07 Å². The molecule has 0 aliphatic heterocycles. The topological polar surface area (TPSA) is 35.8 Å². The van der Waals surface area contributed by atoms with Crippen LogP contribution in [0.2, 0.25) is 0 Å². The fourth-order valence-corrected chi connectivity index (χ4v) is 2.27. The van der Waals surface area contributed by atoms with Gasteiger partial charge in [0, 0.05) is 17.1 Å². The third-order valence-corrected chi connectivity index (χ3v) is 3.42. The Kier molecular flexibility index (Phi) is 3.76. The molecule has 2 aromatic rings. The van der Waals surface area contributed by atoms with Crippen LogP contribution in [0.25, 0.3) is 0 Å². The molecular formula is C13H9F3N2S. The minimum Gasteiger partial charge on any atom is -0.380 e. The molecule has 0 spiro atoms. The largest absolute Gasteiger partial charge is 0.416 e. The molecule has 1 aromatic heterocycles. The van der Waals surface area contributed by atoms with Gasteiger partial charge in [-0.05, 0) is 30.3 Å². The van der Waals surface area contributed by atoms with Crippen molar-refractivity contribution in [3.63, 3.8) is 0 Å². The van der Waals surface area contributed by atoms with Gasteiger partial charge in [-0.15, -0.1) is 11.3 Å². The lowest BCUT2D eigenvalue weighted by molar-refractivity contribution is -0.137. The zero-order chi connectivity index (χ0) is 13.9. The first-order valence-electron chi connectivity index (χ1n) is 5.39. The number of halogens is 3. The Morgan fingerprint density at radius 3 is 2.63 bits per heavy atom. The number of thiophene rings is 1. The molecule has 2 rings (SSSR count). The predicted octanol–water partition coefficient (Wildman–Crippen LogP) is 4.25. The second-order valence-electron chi connectivity index (χ2n) is 3.81. The van der Waals surface area contributed by atoms with Crippen LogP contribution in [0.4, 0.5) is 18.9 Å². The summed E-state index contributed by atoms with van der Waals surface area (Å²) in [5.41, 5.74) is -0.275. The highest BCUT2D eigenvalue weighted by atomic mass is 32.1. The van der Waals surface area contributed by atoms with Crippen LogP contribution in [0.15, 0.2) is 36.4 Å². The number of alkyl halides is 3. The minimum atomic E-state index is -4.34. The van der Waals surface area contributed by atoms with Gasteiger partial charge >= 0.3 is 6.18 Å². The normalized spacial score (nSPS) is 11.1. The number of nitrogens with one attached hydrogen (secondary N) is 1. The summed E-state index contributed by atoms with van der Waals surface area (Å²) in [7, 11) is 0. The monoisotopic (exact) mass is 282 g/mol. The van der Waals surface area contributed by atoms with E-state index in [1.54, 1.807) is 18.2 Å². The van der Waals surface area contributed by atoms with Gasteiger partial charge in [-0.25, -0.2) is 0 Å². The first-order valence-corrected chi connectivity index (χ1v) is 6.20. The number of nitrogens with zero attached hydrogens (tertiary/aromatic N) is 1. The van der Waals surface area contributed by atoms with Crippen LogP contribution in [0, 0.1) is 11.3 Å². The van der Waals surface area contributed by atoms with Crippen LogP contribution in [0.5, 0.6) is 0 Å². The second kappa shape index (κ2) is 5.33. The molecule has 0 fully saturated rings. The van der Waals surface area contributed by atoms with Crippen molar-refractivity contribution >= 4 is 17.0 Å². The van der Waals surface area contributed by atoms with E-state index < -0.39 is 11.7 Å². The van der Waals surface area contributed by atoms with E-state index in [0.29, 0.717) is 17.1 Å². The van der Waals surface area contributed by atoms with Crippen LogP contribution in [-0.4, -0.2) is 0 Å². The van der Waals surface area contributed by atoms with Gasteiger partial charge in [0.2, 0.25) is 0 Å². The van der Waals surface area contributed by atoms with Crippen LogP contribution in [-0.2, 0) is 12.7 Å². The van der Waals surface area contributed by atoms with Crippen molar-refractivity contribution in [3.8, 4) is 6.07 Å². The SMILES string of the molecule is N#Cc1ccc(CNc2cccc(C(F)(F)F)c2)s1. The highest BCUT2D eigenvalue weighted by Crippen LogP contribution is 2.30. The van der Waals surface area contributed by atoms with Crippen molar-refractivity contribution in [1.29, 1.82) is 5.26 Å². The first-order chi connectivity index (χ1) is 8.99. The molecule has 0 amide bonds. The molecule has 6 heteroatoms. The Bertz CT molecular complexity index is 611. The third kappa shape index (κ3) is 3.48. The van der Waals surface area contributed by atoms with Crippen molar-refractivity contribution in [2.45, 2.75) is 12.7 Å². The van der Waals surface area contributed by atoms with E-state index in [0.717, 1.165) is 17.0 Å². The lowest BCUT2D eigenvalue weighted by Gasteiger charge is -2.09. The van der Waals surface area contributed by atoms with E-state index in [2.05, 4.69) is 5.32 Å². The fourth-order valence-electron chi connectivity index (χ4n) is 1.53. The average molecular weight is 282 g/mol. The van der Waals surface area contributed by atoms with Crippen LogP contribution >= 0.6 is 11.3 Å². The predicted molar refractivity (Wildman–Crippen MR) is 67.8 cm³/mol. The molecular weight excluding hydrogens is 273 g/mol. The van der Waals surface area contributed by atoms with Gasteiger partial charge in [0.05, 0.1) is 5.56 Å². The molecule has 0 unspecified atom stereocenters. The van der Waals surface area contributed by atoms with E-state index in [9.17, 15) is 13.2 Å². The number of rotatable bonds is 3. The van der Waals surface area contributed by atoms with Crippen molar-refractivity contribution in [3.05, 3.63) is 51.7 Å². The number of benzene rings is 1. The van der Waals surface area contributed by atoms with Gasteiger partial charge in [0.1, 0.15) is 10.9 Å². The Balaban J connectivity index is 2.06. The highest BCUT2D eigenvalue weighted by Gasteiger charge is 2.30. The van der Waals surface area contributed by atoms with Gasteiger partial charge in [0.15, 0.2) is 0 Å². The summed E-state index contributed by atoms with van der Waals surface area (Å²) < 4.78 is 37.6. The van der Waals surface area contributed by atoms with Gasteiger partial charge in [-0.3, -0.25) is 0 Å². The van der Waals surface area contributed by atoms with Crippen molar-refractivity contribution in [2.75, 3.05) is 5.32 Å². The average Bonchev–Trinajstić information content (AvgIpc) is 2.84. The maximum atomic E-state index is 12.5. The summed E-state index contributed by atoms with van der Waals surface area (Å²) in [5.74, 6) is 0. The summed E-state index contributed by atoms with van der Waals surface area (Å²) in [6, 6.07) is 10.5. The summed E-state index contributed by atoms with van der Waals surface area (Å²) in [6.45, 7) is 0.396. The van der Waals surface area contributed by atoms with E-state index in [-0.39, 0.29) is 0 Å². The third-order valence-electron chi connectivity index (χ3n) is 2.43. The number of hydrogen-bond acceptors (Lipinski definition) is 3. The van der Waals surface area contributed by atoms with E-state index in [1.165, 1.54) is 17.4 Å². The molecule has 0 radical (unpaired) electrons. The molecule has 0 aliphatic rings. The van der Waals surface area contributed by atoms with E-state index >= 15 is 0 Å². The lowest BCUT2D eigenvalue weighted by Crippen LogP contribution is -2.06. The fraction of sp³-hybridized carbons (Fsp3) is 0.154. The highest BCUT2D eigenvalue weighted by molar-refractivity contribution is 7.12. The summed E-state index contributed by atoms with van der Waals surface area (Å²) >= 11 is 1.32. The Labute approximate surface area is 112 Å². The summed E-state index contributed by atoms with van der Waals surface area (Å²) in [5, 5.41) is 11.6. The van der Waals surface area contributed by atoms with Crippen LogP contribution in [0.3, 0.4) is 0 Å². The lowest BCUT2D eigenvalue weighted by atomic mass is 10.2. The standard InChI is InChI=1S/C13H9F3N2S/c14-13(15,16)9-2-1-3-10(6-9)18-8-12-5-4-11(7-17)19-12/h1-6,18H,8H2. The van der Waals surface area contributed by atoms with E-state index in [4.69, 9.17) is 5.26 Å².